The van der Waals surface area contributed by atoms with Crippen molar-refractivity contribution in [3.63, 3.8) is 0 Å². The first-order valence-corrected chi connectivity index (χ1v) is 9.02. The Hall–Kier alpha value is -3.54. The van der Waals surface area contributed by atoms with Gasteiger partial charge in [-0.15, -0.1) is 0 Å². The summed E-state index contributed by atoms with van der Waals surface area (Å²) in [5.41, 5.74) is 5.07. The van der Waals surface area contributed by atoms with Crippen molar-refractivity contribution in [2.75, 3.05) is 0 Å². The van der Waals surface area contributed by atoms with Gasteiger partial charge in [0.05, 0.1) is 24.0 Å². The highest BCUT2D eigenvalue weighted by Gasteiger charge is 2.17. The molecule has 0 aliphatic carbocycles. The second-order valence-corrected chi connectivity index (χ2v) is 6.61. The minimum Gasteiger partial charge on any atom is -0.330 e. The number of aryl methyl sites for hydroxylation is 3. The number of hydrogen-bond acceptors (Lipinski definition) is 3. The number of nitrogens with one attached hydrogen (secondary N) is 1. The van der Waals surface area contributed by atoms with Gasteiger partial charge >= 0.3 is 0 Å². The average Bonchev–Trinajstić information content (AvgIpc) is 3.11. The zero-order chi connectivity index (χ0) is 19.5. The van der Waals surface area contributed by atoms with Crippen LogP contribution in [0.5, 0.6) is 0 Å². The van der Waals surface area contributed by atoms with E-state index in [1.807, 2.05) is 41.8 Å². The number of H-pyrrole nitrogens is 1. The quantitative estimate of drug-likeness (QED) is 0.574. The Balaban J connectivity index is 1.78. The number of halogens is 1. The molecule has 0 radical (unpaired) electrons. The third kappa shape index (κ3) is 3.62. The molecule has 0 aliphatic rings. The van der Waals surface area contributed by atoms with E-state index in [0.29, 0.717) is 18.7 Å². The highest BCUT2D eigenvalue weighted by Crippen LogP contribution is 2.33. The van der Waals surface area contributed by atoms with Crippen molar-refractivity contribution in [1.82, 2.24) is 19.5 Å². The van der Waals surface area contributed by atoms with Crippen LogP contribution in [0.3, 0.4) is 0 Å². The van der Waals surface area contributed by atoms with Crippen LogP contribution in [0.25, 0.3) is 22.5 Å². The monoisotopic (exact) mass is 374 g/mol. The van der Waals surface area contributed by atoms with E-state index in [4.69, 9.17) is 0 Å². The summed E-state index contributed by atoms with van der Waals surface area (Å²) < 4.78 is 15.7. The normalized spacial score (nSPS) is 10.9. The minimum absolute atomic E-state index is 0.171. The molecule has 6 heteroatoms. The maximum absolute atomic E-state index is 13.7. The third-order valence-corrected chi connectivity index (χ3v) is 4.67. The second kappa shape index (κ2) is 7.60. The maximum Gasteiger partial charge on any atom is 0.250 e. The van der Waals surface area contributed by atoms with Gasteiger partial charge in [0.25, 0.3) is 5.56 Å². The Morgan fingerprint density at radius 2 is 1.89 bits per heavy atom. The third-order valence-electron chi connectivity index (χ3n) is 4.67. The summed E-state index contributed by atoms with van der Waals surface area (Å²) in [5, 5.41) is 0. The lowest BCUT2D eigenvalue weighted by Crippen LogP contribution is -2.10. The molecule has 0 saturated carbocycles. The van der Waals surface area contributed by atoms with Gasteiger partial charge in [-0.1, -0.05) is 30.3 Å². The van der Waals surface area contributed by atoms with Gasteiger partial charge in [0.1, 0.15) is 5.82 Å². The fraction of sp³-hybridized carbons (Fsp3) is 0.136. The maximum atomic E-state index is 13.7. The van der Waals surface area contributed by atoms with Gasteiger partial charge in [0.2, 0.25) is 0 Å². The Morgan fingerprint density at radius 3 is 2.64 bits per heavy atom. The zero-order valence-corrected chi connectivity index (χ0v) is 15.4. The molecule has 28 heavy (non-hydrogen) atoms. The fourth-order valence-corrected chi connectivity index (χ4v) is 3.31. The van der Waals surface area contributed by atoms with Crippen LogP contribution in [0.15, 0.2) is 72.0 Å². The topological polar surface area (TPSA) is 63.6 Å². The largest absolute Gasteiger partial charge is 0.330 e. The van der Waals surface area contributed by atoms with Gasteiger partial charge in [0, 0.05) is 35.9 Å². The molecule has 1 N–H and O–H groups in total. The van der Waals surface area contributed by atoms with Crippen LogP contribution in [-0.2, 0) is 13.0 Å². The molecule has 0 spiro atoms. The molecule has 0 bridgehead atoms. The SMILES string of the molecule is Cc1cc(F)ccc1-c1c(-c2ccccc2)ncn1CCc1cc(=O)[nH]cn1. The summed E-state index contributed by atoms with van der Waals surface area (Å²) in [7, 11) is 0. The second-order valence-electron chi connectivity index (χ2n) is 6.61. The highest BCUT2D eigenvalue weighted by atomic mass is 19.1. The summed E-state index contributed by atoms with van der Waals surface area (Å²) in [6, 6.07) is 16.2. The van der Waals surface area contributed by atoms with Crippen LogP contribution in [0.2, 0.25) is 0 Å². The molecular weight excluding hydrogens is 355 g/mol. The van der Waals surface area contributed by atoms with E-state index in [1.165, 1.54) is 24.5 Å². The van der Waals surface area contributed by atoms with Crippen LogP contribution >= 0.6 is 0 Å². The van der Waals surface area contributed by atoms with E-state index < -0.39 is 0 Å². The number of imidazole rings is 1. The van der Waals surface area contributed by atoms with E-state index >= 15 is 0 Å². The van der Waals surface area contributed by atoms with E-state index in [2.05, 4.69) is 15.0 Å². The van der Waals surface area contributed by atoms with Crippen molar-refractivity contribution in [3.05, 3.63) is 94.7 Å². The molecule has 4 aromatic rings. The van der Waals surface area contributed by atoms with Crippen molar-refractivity contribution >= 4 is 0 Å². The number of aromatic amines is 1. The van der Waals surface area contributed by atoms with E-state index in [9.17, 15) is 9.18 Å². The molecule has 4 rings (SSSR count). The van der Waals surface area contributed by atoms with Crippen molar-refractivity contribution in [3.8, 4) is 22.5 Å². The van der Waals surface area contributed by atoms with Gasteiger partial charge in [-0.3, -0.25) is 4.79 Å². The first kappa shape index (κ1) is 17.9. The molecule has 140 valence electrons. The van der Waals surface area contributed by atoms with Crippen molar-refractivity contribution in [2.24, 2.45) is 0 Å². The van der Waals surface area contributed by atoms with Gasteiger partial charge < -0.3 is 9.55 Å². The first-order chi connectivity index (χ1) is 13.6. The van der Waals surface area contributed by atoms with Gasteiger partial charge in [0.15, 0.2) is 0 Å². The van der Waals surface area contributed by atoms with Crippen LogP contribution in [0.1, 0.15) is 11.3 Å². The molecular formula is C22H19FN4O. The number of nitrogens with zero attached hydrogens (tertiary/aromatic N) is 3. The van der Waals surface area contributed by atoms with E-state index in [1.54, 1.807) is 12.4 Å². The molecule has 0 atom stereocenters. The molecule has 0 aliphatic heterocycles. The summed E-state index contributed by atoms with van der Waals surface area (Å²) in [5.74, 6) is -0.263. The van der Waals surface area contributed by atoms with Crippen LogP contribution in [-0.4, -0.2) is 19.5 Å². The number of hydrogen-bond donors (Lipinski definition) is 1. The minimum atomic E-state index is -0.263. The van der Waals surface area contributed by atoms with Gasteiger partial charge in [-0.05, 0) is 30.7 Å². The molecule has 5 nitrogen and oxygen atoms in total. The van der Waals surface area contributed by atoms with Crippen LogP contribution in [0.4, 0.5) is 4.39 Å². The predicted octanol–water partition coefficient (Wildman–Crippen LogP) is 3.99. The molecule has 2 aromatic carbocycles. The Kier molecular flexibility index (Phi) is 4.85. The van der Waals surface area contributed by atoms with E-state index in [-0.39, 0.29) is 11.4 Å². The molecule has 2 aromatic heterocycles. The Bertz CT molecular complexity index is 1160. The van der Waals surface area contributed by atoms with Crippen molar-refractivity contribution < 1.29 is 4.39 Å². The lowest BCUT2D eigenvalue weighted by molar-refractivity contribution is 0.626. The molecule has 0 saturated heterocycles. The number of benzene rings is 2. The van der Waals surface area contributed by atoms with Gasteiger partial charge in [-0.25, -0.2) is 14.4 Å². The smallest absolute Gasteiger partial charge is 0.250 e. The van der Waals surface area contributed by atoms with Crippen LogP contribution in [0, 0.1) is 12.7 Å². The average molecular weight is 374 g/mol. The van der Waals surface area contributed by atoms with Crippen LogP contribution < -0.4 is 5.56 Å². The Morgan fingerprint density at radius 1 is 1.07 bits per heavy atom. The molecule has 2 heterocycles. The summed E-state index contributed by atoms with van der Waals surface area (Å²) in [6.45, 7) is 2.49. The summed E-state index contributed by atoms with van der Waals surface area (Å²) in [6.07, 6.45) is 3.78. The van der Waals surface area contributed by atoms with Crippen molar-refractivity contribution in [2.45, 2.75) is 19.9 Å². The Labute approximate surface area is 161 Å². The fourth-order valence-electron chi connectivity index (χ4n) is 3.31. The van der Waals surface area contributed by atoms with E-state index in [0.717, 1.165) is 28.1 Å². The highest BCUT2D eigenvalue weighted by molar-refractivity contribution is 5.80. The number of rotatable bonds is 5. The zero-order valence-electron chi connectivity index (χ0n) is 15.4. The van der Waals surface area contributed by atoms with Crippen molar-refractivity contribution in [1.29, 1.82) is 0 Å². The summed E-state index contributed by atoms with van der Waals surface area (Å²) >= 11 is 0. The molecule has 0 amide bonds. The predicted molar refractivity (Wildman–Crippen MR) is 106 cm³/mol. The molecule has 0 unspecified atom stereocenters. The molecule has 0 fully saturated rings. The van der Waals surface area contributed by atoms with Gasteiger partial charge in [-0.2, -0.15) is 0 Å². The first-order valence-electron chi connectivity index (χ1n) is 9.02. The standard InChI is InChI=1S/C22H19FN4O/c1-15-11-17(23)7-8-19(15)22-21(16-5-3-2-4-6-16)26-14-27(22)10-9-18-12-20(28)25-13-24-18/h2-8,11-14H,9-10H2,1H3,(H,24,25,28). The lowest BCUT2D eigenvalue weighted by atomic mass is 10.0. The number of aromatic nitrogens is 4. The summed E-state index contributed by atoms with van der Waals surface area (Å²) in [4.78, 5) is 22.9. The lowest BCUT2D eigenvalue weighted by Gasteiger charge is -2.13.